The van der Waals surface area contributed by atoms with Gasteiger partial charge in [0, 0.05) is 12.6 Å². The highest BCUT2D eigenvalue weighted by molar-refractivity contribution is 7.67. The molecule has 2 amide bonds. The van der Waals surface area contributed by atoms with E-state index in [1.165, 1.54) is 6.92 Å². The van der Waals surface area contributed by atoms with Gasteiger partial charge in [-0.15, -0.1) is 0 Å². The van der Waals surface area contributed by atoms with E-state index in [0.717, 1.165) is 17.2 Å². The number of aliphatic hydroxyl groups is 2. The fourth-order valence-corrected chi connectivity index (χ4v) is 7.72. The van der Waals surface area contributed by atoms with Gasteiger partial charge in [0.1, 0.15) is 6.61 Å². The number of carbonyl (C=O) groups is 2. The monoisotopic (exact) mass is 690 g/mol. The number of hydrogen-bond acceptors (Lipinski definition) is 15. The van der Waals surface area contributed by atoms with E-state index in [-0.39, 0.29) is 11.9 Å². The summed E-state index contributed by atoms with van der Waals surface area (Å²) in [5.74, 6) is -2.18. The number of amides is 2. The van der Waals surface area contributed by atoms with Crippen molar-refractivity contribution in [2.45, 2.75) is 64.7 Å². The minimum Gasteiger partial charge on any atom is -0.506 e. The van der Waals surface area contributed by atoms with Gasteiger partial charge in [0.25, 0.3) is 11.8 Å². The Kier molecular flexibility index (Phi) is 11.3. The van der Waals surface area contributed by atoms with Crippen molar-refractivity contribution in [1.82, 2.24) is 20.6 Å². The van der Waals surface area contributed by atoms with Crippen molar-refractivity contribution in [3.8, 4) is 0 Å². The summed E-state index contributed by atoms with van der Waals surface area (Å²) in [6, 6.07) is -1.78. The Balaban J connectivity index is 1.52. The van der Waals surface area contributed by atoms with E-state index >= 15 is 0 Å². The SMILES string of the molecule is CC[C+](C)C(C)C(=O)NC(C)CNP(=O)(O)OP(=O)(O)OP(=O)(O)OCC1=C(O)C(O)C(N2C=NC3C(=O)NC(N)=NC32)O1. The third-order valence-electron chi connectivity index (χ3n) is 6.59. The lowest BCUT2D eigenvalue weighted by molar-refractivity contribution is -0.125. The molecule has 10 N–H and O–H groups in total. The molecule has 0 saturated heterocycles. The van der Waals surface area contributed by atoms with Gasteiger partial charge >= 0.3 is 23.4 Å². The molecule has 0 fully saturated rings. The van der Waals surface area contributed by atoms with E-state index in [2.05, 4.69) is 33.8 Å². The number of hydrogen-bond donors (Lipinski definition) is 9. The Bertz CT molecular complexity index is 1360. The van der Waals surface area contributed by atoms with E-state index in [9.17, 15) is 48.2 Å². The van der Waals surface area contributed by atoms with Gasteiger partial charge in [-0.05, 0) is 20.8 Å². The summed E-state index contributed by atoms with van der Waals surface area (Å²) in [4.78, 5) is 63.1. The van der Waals surface area contributed by atoms with Crippen molar-refractivity contribution in [2.75, 3.05) is 13.2 Å². The molecule has 3 heterocycles. The Morgan fingerprint density at radius 3 is 2.55 bits per heavy atom. The normalized spacial score (nSPS) is 28.5. The Labute approximate surface area is 251 Å². The summed E-state index contributed by atoms with van der Waals surface area (Å²) in [7, 11) is -16.5. The molecular formula is C20H35N7O14P3+. The van der Waals surface area contributed by atoms with Crippen LogP contribution in [0.4, 0.5) is 0 Å². The van der Waals surface area contributed by atoms with Crippen molar-refractivity contribution in [2.24, 2.45) is 21.6 Å². The summed E-state index contributed by atoms with van der Waals surface area (Å²) in [6.45, 7) is 5.31. The summed E-state index contributed by atoms with van der Waals surface area (Å²) in [5.41, 5.74) is 5.56. The predicted molar refractivity (Wildman–Crippen MR) is 150 cm³/mol. The number of aliphatic imine (C=N–C) groups is 2. The number of nitrogens with two attached hydrogens (primary N) is 1. The van der Waals surface area contributed by atoms with Crippen molar-refractivity contribution in [1.29, 1.82) is 0 Å². The number of guanidine groups is 1. The number of rotatable bonds is 15. The quantitative estimate of drug-likeness (QED) is 0.0738. The van der Waals surface area contributed by atoms with Gasteiger partial charge in [-0.2, -0.15) is 8.62 Å². The van der Waals surface area contributed by atoms with Gasteiger partial charge in [-0.1, -0.05) is 0 Å². The smallest absolute Gasteiger partial charge is 0.489 e. The van der Waals surface area contributed by atoms with Gasteiger partial charge < -0.3 is 40.7 Å². The van der Waals surface area contributed by atoms with Crippen LogP contribution in [0.15, 0.2) is 21.5 Å². The standard InChI is InChI=1S/C20H34N7O14P3/c1-5-9(2)11(4)17(30)24-10(3)6-23-42(32,33)40-44(36,37)41-43(34,35)38-7-12-14(28)15(29)19(39-12)27-8-22-13-16(27)25-20(21)26-18(13)31/h8,10-11,13,15-16,19,29H,5-7H2,1-4H3,(H8-,21,23,24,25,26,28,30,31,32,33,34,35,36,37)/p+1. The number of fused-ring (bicyclic) bond motifs is 1. The van der Waals surface area contributed by atoms with Gasteiger partial charge in [-0.25, -0.2) is 23.8 Å². The first-order chi connectivity index (χ1) is 20.3. The number of aliphatic hydroxyl groups excluding tert-OH is 2. The molecule has 0 radical (unpaired) electrons. The molecule has 248 valence electrons. The number of nitrogens with zero attached hydrogens (tertiary/aromatic N) is 3. The van der Waals surface area contributed by atoms with E-state index in [1.807, 2.05) is 12.0 Å². The first-order valence-corrected chi connectivity index (χ1v) is 17.5. The molecule has 24 heteroatoms. The van der Waals surface area contributed by atoms with Crippen molar-refractivity contribution >= 4 is 47.5 Å². The van der Waals surface area contributed by atoms with Crippen LogP contribution < -0.4 is 21.5 Å². The Morgan fingerprint density at radius 1 is 1.25 bits per heavy atom. The molecule has 9 atom stereocenters. The Hall–Kier alpha value is -2.54. The van der Waals surface area contributed by atoms with E-state index in [1.54, 1.807) is 13.8 Å². The molecule has 0 saturated carbocycles. The molecular weight excluding hydrogens is 655 g/mol. The first-order valence-electron chi connectivity index (χ1n) is 12.9. The van der Waals surface area contributed by atoms with Crippen molar-refractivity contribution in [3.63, 3.8) is 0 Å². The fourth-order valence-electron chi connectivity index (χ4n) is 3.97. The Morgan fingerprint density at radius 2 is 1.91 bits per heavy atom. The second-order valence-corrected chi connectivity index (χ2v) is 14.7. The summed E-state index contributed by atoms with van der Waals surface area (Å²) in [5, 5.41) is 27.5. The summed E-state index contributed by atoms with van der Waals surface area (Å²) in [6.07, 6.45) is -2.50. The third-order valence-corrected chi connectivity index (χ3v) is 11.0. The molecule has 0 bridgehead atoms. The molecule has 0 aromatic rings. The van der Waals surface area contributed by atoms with Crippen molar-refractivity contribution in [3.05, 3.63) is 17.4 Å². The van der Waals surface area contributed by atoms with Gasteiger partial charge in [0.2, 0.25) is 6.23 Å². The first kappa shape index (κ1) is 35.9. The van der Waals surface area contributed by atoms with Gasteiger partial charge in [0.15, 0.2) is 41.7 Å². The number of carbonyl (C=O) groups excluding carboxylic acids is 2. The highest BCUT2D eigenvalue weighted by Crippen LogP contribution is 2.66. The minimum absolute atomic E-state index is 0.233. The fraction of sp³-hybridized carbons (Fsp3) is 0.650. The van der Waals surface area contributed by atoms with Crippen LogP contribution in [0, 0.1) is 11.8 Å². The second-order valence-electron chi connectivity index (χ2n) is 9.92. The van der Waals surface area contributed by atoms with Crippen LogP contribution in [0.2, 0.25) is 0 Å². The summed E-state index contributed by atoms with van der Waals surface area (Å²) < 4.78 is 54.9. The number of phosphoric acid groups is 2. The van der Waals surface area contributed by atoms with E-state index in [4.69, 9.17) is 10.5 Å². The summed E-state index contributed by atoms with van der Waals surface area (Å²) >= 11 is 0. The molecule has 0 aromatic carbocycles. The zero-order chi connectivity index (χ0) is 33.2. The lowest BCUT2D eigenvalue weighted by atomic mass is 9.93. The maximum absolute atomic E-state index is 12.3. The van der Waals surface area contributed by atoms with Crippen LogP contribution in [-0.4, -0.2) is 97.6 Å². The van der Waals surface area contributed by atoms with Crippen LogP contribution in [0.1, 0.15) is 34.1 Å². The average Bonchev–Trinajstić information content (AvgIpc) is 3.44. The second kappa shape index (κ2) is 13.8. The van der Waals surface area contributed by atoms with Gasteiger partial charge in [-0.3, -0.25) is 29.3 Å². The highest BCUT2D eigenvalue weighted by Gasteiger charge is 2.49. The predicted octanol–water partition coefficient (Wildman–Crippen LogP) is -0.958. The van der Waals surface area contributed by atoms with Crippen LogP contribution in [0.3, 0.4) is 0 Å². The largest absolute Gasteiger partial charge is 0.506 e. The number of ether oxygens (including phenoxy) is 1. The average molecular weight is 690 g/mol. The number of phosphoric ester groups is 1. The molecule has 9 unspecified atom stereocenters. The lowest BCUT2D eigenvalue weighted by Crippen LogP contribution is -2.56. The van der Waals surface area contributed by atoms with Crippen LogP contribution in [0.5, 0.6) is 0 Å². The molecule has 21 nitrogen and oxygen atoms in total. The van der Waals surface area contributed by atoms with E-state index < -0.39 is 90.5 Å². The molecule has 3 aliphatic heterocycles. The topological polar surface area (TPSA) is 313 Å². The molecule has 44 heavy (non-hydrogen) atoms. The van der Waals surface area contributed by atoms with Crippen LogP contribution in [-0.2, 0) is 41.2 Å². The zero-order valence-electron chi connectivity index (χ0n) is 23.8. The molecule has 3 aliphatic rings. The molecule has 3 rings (SSSR count). The highest BCUT2D eigenvalue weighted by atomic mass is 31.3. The van der Waals surface area contributed by atoms with Crippen LogP contribution >= 0.6 is 23.4 Å². The molecule has 0 aromatic heterocycles. The lowest BCUT2D eigenvalue weighted by Gasteiger charge is -2.32. The van der Waals surface area contributed by atoms with Crippen LogP contribution in [0.25, 0.3) is 0 Å². The maximum Gasteiger partial charge on any atom is 0.489 e. The van der Waals surface area contributed by atoms with E-state index in [0.29, 0.717) is 6.42 Å². The molecule has 0 spiro atoms. The maximum atomic E-state index is 12.3. The minimum atomic E-state index is -5.77. The molecule has 0 aliphatic carbocycles. The third kappa shape index (κ3) is 9.02. The zero-order valence-corrected chi connectivity index (χ0v) is 26.5. The van der Waals surface area contributed by atoms with Crippen molar-refractivity contribution < 1.29 is 66.1 Å². The van der Waals surface area contributed by atoms with Gasteiger partial charge in [0.05, 0.1) is 25.6 Å². The number of nitrogens with one attached hydrogen (secondary N) is 3.